The van der Waals surface area contributed by atoms with Gasteiger partial charge in [-0.2, -0.15) is 13.2 Å². The maximum atomic E-state index is 13.0. The normalized spacial score (nSPS) is 12.5. The highest BCUT2D eigenvalue weighted by Gasteiger charge is 2.30. The minimum atomic E-state index is -4.41. The highest BCUT2D eigenvalue weighted by atomic mass is 32.2. The van der Waals surface area contributed by atoms with E-state index in [0.717, 1.165) is 43.6 Å². The van der Waals surface area contributed by atoms with E-state index < -0.39 is 23.8 Å². The number of rotatable bonds is 14. The van der Waals surface area contributed by atoms with Crippen LogP contribution in [0.4, 0.5) is 13.2 Å². The number of thioether (sulfide) groups is 1. The van der Waals surface area contributed by atoms with E-state index in [0.29, 0.717) is 27.9 Å². The van der Waals surface area contributed by atoms with Crippen LogP contribution >= 0.6 is 24.0 Å². The van der Waals surface area contributed by atoms with Gasteiger partial charge in [-0.05, 0) is 49.6 Å². The molecule has 0 aliphatic carbocycles. The molecule has 0 amide bonds. The first kappa shape index (κ1) is 32.5. The summed E-state index contributed by atoms with van der Waals surface area (Å²) in [6.07, 6.45) is -0.694. The van der Waals surface area contributed by atoms with Gasteiger partial charge < -0.3 is 19.3 Å². The Bertz CT molecular complexity index is 1060. The van der Waals surface area contributed by atoms with Gasteiger partial charge in [0.25, 0.3) is 0 Å². The molecule has 0 radical (unpaired) electrons. The highest BCUT2D eigenvalue weighted by molar-refractivity contribution is 8.25. The maximum Gasteiger partial charge on any atom is 0.416 e. The van der Waals surface area contributed by atoms with Crippen molar-refractivity contribution < 1.29 is 27.4 Å². The van der Waals surface area contributed by atoms with Crippen LogP contribution in [0.25, 0.3) is 0 Å². The lowest BCUT2D eigenvalue weighted by Crippen LogP contribution is -2.30. The Hall–Kier alpha value is -2.72. The molecule has 2 aromatic carbocycles. The third kappa shape index (κ3) is 11.1. The first-order chi connectivity index (χ1) is 18.6. The minimum Gasteiger partial charge on any atom is -0.486 e. The first-order valence-corrected chi connectivity index (χ1v) is 14.3. The second-order valence-corrected chi connectivity index (χ2v) is 10.6. The predicted octanol–water partition coefficient (Wildman–Crippen LogP) is 7.69. The standard InChI is InChI=1S/C29H37F3N2O3S2/c1-5-18-34(19-6-2)28(38)39-26(27(35)36-7-3)21-33(4)20-17-25(22-11-9-8-10-12-22)37-24-15-13-23(14-16-24)29(30,31)32/h8-16,21,25H,5-7,17-20H2,1-4H3/b26-21+/t25-/m0/s1. The molecule has 0 saturated heterocycles. The Balaban J connectivity index is 2.18. The zero-order chi connectivity index (χ0) is 28.8. The molecule has 0 heterocycles. The van der Waals surface area contributed by atoms with E-state index in [4.69, 9.17) is 21.7 Å². The summed E-state index contributed by atoms with van der Waals surface area (Å²) >= 11 is 6.87. The molecule has 10 heteroatoms. The van der Waals surface area contributed by atoms with E-state index in [1.807, 2.05) is 42.3 Å². The van der Waals surface area contributed by atoms with Crippen LogP contribution in [-0.2, 0) is 15.7 Å². The van der Waals surface area contributed by atoms with Crippen LogP contribution < -0.4 is 4.74 Å². The van der Waals surface area contributed by atoms with Crippen molar-refractivity contribution >= 4 is 34.3 Å². The molecular weight excluding hydrogens is 545 g/mol. The number of benzene rings is 2. The van der Waals surface area contributed by atoms with Gasteiger partial charge in [-0.3, -0.25) is 0 Å². The van der Waals surface area contributed by atoms with Crippen LogP contribution in [0.15, 0.2) is 65.7 Å². The van der Waals surface area contributed by atoms with E-state index in [9.17, 15) is 18.0 Å². The number of ether oxygens (including phenoxy) is 2. The maximum absolute atomic E-state index is 13.0. The van der Waals surface area contributed by atoms with Gasteiger partial charge in [-0.25, -0.2) is 4.79 Å². The number of hydrogen-bond donors (Lipinski definition) is 0. The van der Waals surface area contributed by atoms with Gasteiger partial charge in [-0.1, -0.05) is 68.2 Å². The zero-order valence-corrected chi connectivity index (χ0v) is 24.5. The lowest BCUT2D eigenvalue weighted by molar-refractivity contribution is -0.138. The number of nitrogens with zero attached hydrogens (tertiary/aromatic N) is 2. The third-order valence-corrected chi connectivity index (χ3v) is 7.07. The number of thiocarbonyl (C=S) groups is 1. The van der Waals surface area contributed by atoms with Crippen LogP contribution in [0.1, 0.15) is 57.3 Å². The SMILES string of the molecule is CCCN(CCC)C(=S)S/C(=C/N(C)CC[C@H](Oc1ccc(C(F)(F)F)cc1)c1ccccc1)C(=O)OCC. The molecule has 0 fully saturated rings. The molecule has 2 rings (SSSR count). The van der Waals surface area contributed by atoms with E-state index in [2.05, 4.69) is 18.7 Å². The molecule has 0 aromatic heterocycles. The summed E-state index contributed by atoms with van der Waals surface area (Å²) in [5, 5.41) is 0. The largest absolute Gasteiger partial charge is 0.486 e. The Morgan fingerprint density at radius 2 is 1.62 bits per heavy atom. The van der Waals surface area contributed by atoms with Crippen LogP contribution in [-0.4, -0.2) is 53.4 Å². The molecule has 1 atom stereocenters. The average Bonchev–Trinajstić information content (AvgIpc) is 2.90. The highest BCUT2D eigenvalue weighted by Crippen LogP contribution is 2.32. The van der Waals surface area contributed by atoms with Gasteiger partial charge in [0.1, 0.15) is 21.1 Å². The Morgan fingerprint density at radius 3 is 2.15 bits per heavy atom. The predicted molar refractivity (Wildman–Crippen MR) is 156 cm³/mol. The fourth-order valence-electron chi connectivity index (χ4n) is 3.75. The second kappa shape index (κ2) is 16.4. The zero-order valence-electron chi connectivity index (χ0n) is 22.9. The van der Waals surface area contributed by atoms with Crippen molar-refractivity contribution in [1.29, 1.82) is 0 Å². The Labute approximate surface area is 239 Å². The lowest BCUT2D eigenvalue weighted by atomic mass is 10.1. The average molecular weight is 583 g/mol. The lowest BCUT2D eigenvalue weighted by Gasteiger charge is -2.25. The molecule has 0 aliphatic rings. The van der Waals surface area contributed by atoms with Crippen molar-refractivity contribution in [3.63, 3.8) is 0 Å². The van der Waals surface area contributed by atoms with Crippen LogP contribution in [0.5, 0.6) is 5.75 Å². The summed E-state index contributed by atoms with van der Waals surface area (Å²) in [5.41, 5.74) is 0.167. The fraction of sp³-hybridized carbons (Fsp3) is 0.448. The van der Waals surface area contributed by atoms with Crippen LogP contribution in [0, 0.1) is 0 Å². The molecular formula is C29H37F3N2O3S2. The van der Waals surface area contributed by atoms with E-state index in [-0.39, 0.29) is 6.61 Å². The Morgan fingerprint density at radius 1 is 1.00 bits per heavy atom. The van der Waals surface area contributed by atoms with Crippen molar-refractivity contribution in [1.82, 2.24) is 9.80 Å². The molecule has 0 bridgehead atoms. The molecule has 0 spiro atoms. The van der Waals surface area contributed by atoms with Crippen molar-refractivity contribution in [3.8, 4) is 5.75 Å². The monoisotopic (exact) mass is 582 g/mol. The minimum absolute atomic E-state index is 0.248. The first-order valence-electron chi connectivity index (χ1n) is 13.0. The topological polar surface area (TPSA) is 42.0 Å². The Kier molecular flexibility index (Phi) is 13.7. The number of esters is 1. The molecule has 0 aliphatic heterocycles. The van der Waals surface area contributed by atoms with Crippen LogP contribution in [0.3, 0.4) is 0 Å². The van der Waals surface area contributed by atoms with Gasteiger partial charge in [0.2, 0.25) is 0 Å². The fourth-order valence-corrected chi connectivity index (χ4v) is 5.08. The smallest absolute Gasteiger partial charge is 0.416 e. The van der Waals surface area contributed by atoms with Gasteiger partial charge in [0.15, 0.2) is 0 Å². The number of hydrogen-bond acceptors (Lipinski definition) is 6. The third-order valence-electron chi connectivity index (χ3n) is 5.63. The van der Waals surface area contributed by atoms with Crippen LogP contribution in [0.2, 0.25) is 0 Å². The van der Waals surface area contributed by atoms with Crippen molar-refractivity contribution in [2.75, 3.05) is 33.3 Å². The molecule has 39 heavy (non-hydrogen) atoms. The summed E-state index contributed by atoms with van der Waals surface area (Å²) in [6, 6.07) is 14.2. The molecule has 214 valence electrons. The summed E-state index contributed by atoms with van der Waals surface area (Å²) in [6.45, 7) is 8.30. The number of alkyl halides is 3. The van der Waals surface area contributed by atoms with E-state index in [1.54, 1.807) is 13.1 Å². The molecule has 0 saturated carbocycles. The molecule has 0 N–H and O–H groups in total. The van der Waals surface area contributed by atoms with E-state index >= 15 is 0 Å². The van der Waals surface area contributed by atoms with Gasteiger partial charge in [0.05, 0.1) is 12.2 Å². The summed E-state index contributed by atoms with van der Waals surface area (Å²) in [7, 11) is 1.85. The van der Waals surface area contributed by atoms with Gasteiger partial charge in [0, 0.05) is 39.3 Å². The second-order valence-electron chi connectivity index (χ2n) is 8.88. The van der Waals surface area contributed by atoms with Crippen molar-refractivity contribution in [2.24, 2.45) is 0 Å². The molecule has 0 unspecified atom stereocenters. The number of carbonyl (C=O) groups is 1. The van der Waals surface area contributed by atoms with Crippen molar-refractivity contribution in [3.05, 3.63) is 76.8 Å². The number of carbonyl (C=O) groups excluding carboxylic acids is 1. The van der Waals surface area contributed by atoms with E-state index in [1.165, 1.54) is 23.9 Å². The molecule has 2 aromatic rings. The summed E-state index contributed by atoms with van der Waals surface area (Å²) < 4.78 is 50.9. The number of halogens is 3. The van der Waals surface area contributed by atoms with Gasteiger partial charge >= 0.3 is 12.1 Å². The quantitative estimate of drug-likeness (QED) is 0.129. The summed E-state index contributed by atoms with van der Waals surface area (Å²) in [5.74, 6) is -0.0969. The van der Waals surface area contributed by atoms with Crippen molar-refractivity contribution in [2.45, 2.75) is 52.3 Å². The van der Waals surface area contributed by atoms with Gasteiger partial charge in [-0.15, -0.1) is 0 Å². The molecule has 5 nitrogen and oxygen atoms in total. The summed E-state index contributed by atoms with van der Waals surface area (Å²) in [4.78, 5) is 17.1.